The van der Waals surface area contributed by atoms with E-state index in [0.717, 1.165) is 24.3 Å². The van der Waals surface area contributed by atoms with Gasteiger partial charge < -0.3 is 15.4 Å². The van der Waals surface area contributed by atoms with E-state index in [-0.39, 0.29) is 17.6 Å². The summed E-state index contributed by atoms with van der Waals surface area (Å²) in [5.41, 5.74) is 2.06. The Hall–Kier alpha value is -1.55. The lowest BCUT2D eigenvalue weighted by molar-refractivity contribution is 0.00782. The molecule has 1 aliphatic rings. The van der Waals surface area contributed by atoms with E-state index in [0.29, 0.717) is 12.5 Å². The third-order valence-electron chi connectivity index (χ3n) is 3.87. The summed E-state index contributed by atoms with van der Waals surface area (Å²) >= 11 is 0. The Morgan fingerprint density at radius 2 is 2.14 bits per heavy atom. The van der Waals surface area contributed by atoms with Crippen molar-refractivity contribution in [2.75, 3.05) is 18.5 Å². The molecule has 1 fully saturated rings. The van der Waals surface area contributed by atoms with Crippen LogP contribution in [-0.2, 0) is 4.74 Å². The van der Waals surface area contributed by atoms with Gasteiger partial charge in [-0.3, -0.25) is 0 Å². The Balaban J connectivity index is 1.84. The van der Waals surface area contributed by atoms with Gasteiger partial charge in [0.15, 0.2) is 0 Å². The molecule has 0 bridgehead atoms. The predicted molar refractivity (Wildman–Crippen MR) is 85.5 cm³/mol. The van der Waals surface area contributed by atoms with E-state index in [4.69, 9.17) is 4.74 Å². The molecule has 116 valence electrons. The Bertz CT molecular complexity index is 494. The molecule has 2 N–H and O–H groups in total. The lowest BCUT2D eigenvalue weighted by Gasteiger charge is -2.31. The Morgan fingerprint density at radius 3 is 2.81 bits per heavy atom. The molecule has 0 radical (unpaired) electrons. The Labute approximate surface area is 127 Å². The van der Waals surface area contributed by atoms with Crippen LogP contribution < -0.4 is 10.6 Å². The largest absolute Gasteiger partial charge is 0.377 e. The molecule has 4 nitrogen and oxygen atoms in total. The van der Waals surface area contributed by atoms with Crippen LogP contribution in [0.3, 0.4) is 0 Å². The van der Waals surface area contributed by atoms with Gasteiger partial charge >= 0.3 is 6.03 Å². The van der Waals surface area contributed by atoms with E-state index < -0.39 is 0 Å². The van der Waals surface area contributed by atoms with E-state index in [1.165, 1.54) is 0 Å². The molecule has 2 amide bonds. The van der Waals surface area contributed by atoms with Crippen molar-refractivity contribution in [1.82, 2.24) is 5.32 Å². The number of anilines is 1. The molecule has 21 heavy (non-hydrogen) atoms. The highest BCUT2D eigenvalue weighted by Gasteiger charge is 2.37. The van der Waals surface area contributed by atoms with Crippen LogP contribution in [0, 0.1) is 18.3 Å². The van der Waals surface area contributed by atoms with Crippen LogP contribution in [0.25, 0.3) is 0 Å². The first-order valence-electron chi connectivity index (χ1n) is 7.59. The number of hydrogen-bond acceptors (Lipinski definition) is 2. The van der Waals surface area contributed by atoms with Crippen molar-refractivity contribution >= 4 is 11.7 Å². The van der Waals surface area contributed by atoms with Crippen LogP contribution in [0.5, 0.6) is 0 Å². The summed E-state index contributed by atoms with van der Waals surface area (Å²) < 4.78 is 5.82. The van der Waals surface area contributed by atoms with Crippen LogP contribution in [-0.4, -0.2) is 25.3 Å². The molecule has 1 aliphatic heterocycles. The van der Waals surface area contributed by atoms with Crippen LogP contribution in [0.1, 0.15) is 32.8 Å². The van der Waals surface area contributed by atoms with Gasteiger partial charge in [-0.2, -0.15) is 0 Å². The number of amides is 2. The van der Waals surface area contributed by atoms with Crippen molar-refractivity contribution in [2.24, 2.45) is 11.3 Å². The summed E-state index contributed by atoms with van der Waals surface area (Å²) in [6.45, 7) is 9.99. The van der Waals surface area contributed by atoms with Crippen molar-refractivity contribution < 1.29 is 9.53 Å². The quantitative estimate of drug-likeness (QED) is 0.894. The number of aryl methyl sites for hydroxylation is 1. The zero-order chi connectivity index (χ0) is 15.5. The zero-order valence-electron chi connectivity index (χ0n) is 13.4. The normalized spacial score (nSPS) is 22.1. The summed E-state index contributed by atoms with van der Waals surface area (Å²) in [6, 6.07) is 7.64. The topological polar surface area (TPSA) is 50.4 Å². The molecule has 0 unspecified atom stereocenters. The maximum atomic E-state index is 12.0. The summed E-state index contributed by atoms with van der Waals surface area (Å²) in [7, 11) is 0. The van der Waals surface area contributed by atoms with Gasteiger partial charge in [0.2, 0.25) is 0 Å². The zero-order valence-corrected chi connectivity index (χ0v) is 13.4. The van der Waals surface area contributed by atoms with Gasteiger partial charge in [0.05, 0.1) is 6.10 Å². The molecular weight excluding hydrogens is 264 g/mol. The number of hydrogen-bond donors (Lipinski definition) is 2. The predicted octanol–water partition coefficient (Wildman–Crippen LogP) is 3.57. The SMILES string of the molecule is Cc1cccc(NC(=O)NC[C@H]2CCO[C@@H]2C(C)(C)C)c1. The number of benzene rings is 1. The summed E-state index contributed by atoms with van der Waals surface area (Å²) in [5, 5.41) is 5.83. The highest BCUT2D eigenvalue weighted by Crippen LogP contribution is 2.34. The second-order valence-corrected chi connectivity index (χ2v) is 6.91. The van der Waals surface area contributed by atoms with E-state index in [2.05, 4.69) is 31.4 Å². The number of nitrogens with one attached hydrogen (secondary N) is 2. The number of carbonyl (C=O) groups excluding carboxylic acids is 1. The minimum Gasteiger partial charge on any atom is -0.377 e. The van der Waals surface area contributed by atoms with Gasteiger partial charge in [-0.05, 0) is 36.5 Å². The van der Waals surface area contributed by atoms with Gasteiger partial charge in [0, 0.05) is 24.8 Å². The third kappa shape index (κ3) is 4.46. The van der Waals surface area contributed by atoms with Gasteiger partial charge in [-0.1, -0.05) is 32.9 Å². The molecule has 0 spiro atoms. The average molecular weight is 290 g/mol. The van der Waals surface area contributed by atoms with E-state index >= 15 is 0 Å². The number of carbonyl (C=O) groups is 1. The Kier molecular flexibility index (Phi) is 4.88. The van der Waals surface area contributed by atoms with Crippen molar-refractivity contribution in [3.63, 3.8) is 0 Å². The lowest BCUT2D eigenvalue weighted by Crippen LogP contribution is -2.40. The molecule has 1 heterocycles. The first-order chi connectivity index (χ1) is 9.86. The maximum Gasteiger partial charge on any atom is 0.319 e. The van der Waals surface area contributed by atoms with Gasteiger partial charge in [0.1, 0.15) is 0 Å². The fourth-order valence-corrected chi connectivity index (χ4v) is 2.92. The van der Waals surface area contributed by atoms with Gasteiger partial charge in [0.25, 0.3) is 0 Å². The fourth-order valence-electron chi connectivity index (χ4n) is 2.92. The van der Waals surface area contributed by atoms with Crippen molar-refractivity contribution in [3.8, 4) is 0 Å². The minimum absolute atomic E-state index is 0.107. The fraction of sp³-hybridized carbons (Fsp3) is 0.588. The van der Waals surface area contributed by atoms with E-state index in [9.17, 15) is 4.79 Å². The Morgan fingerprint density at radius 1 is 1.38 bits per heavy atom. The second-order valence-electron chi connectivity index (χ2n) is 6.91. The average Bonchev–Trinajstić information content (AvgIpc) is 2.84. The van der Waals surface area contributed by atoms with Crippen molar-refractivity contribution in [1.29, 1.82) is 0 Å². The van der Waals surface area contributed by atoms with Gasteiger partial charge in [-0.25, -0.2) is 4.79 Å². The molecule has 1 aromatic rings. The van der Waals surface area contributed by atoms with Gasteiger partial charge in [-0.15, -0.1) is 0 Å². The van der Waals surface area contributed by atoms with Crippen LogP contribution >= 0.6 is 0 Å². The van der Waals surface area contributed by atoms with Crippen molar-refractivity contribution in [2.45, 2.75) is 40.2 Å². The van der Waals surface area contributed by atoms with E-state index in [1.807, 2.05) is 31.2 Å². The molecule has 0 aromatic heterocycles. The molecule has 4 heteroatoms. The highest BCUT2D eigenvalue weighted by atomic mass is 16.5. The minimum atomic E-state index is -0.153. The second kappa shape index (κ2) is 6.48. The smallest absolute Gasteiger partial charge is 0.319 e. The van der Waals surface area contributed by atoms with Crippen LogP contribution in [0.2, 0.25) is 0 Å². The first kappa shape index (κ1) is 15.8. The lowest BCUT2D eigenvalue weighted by atomic mass is 9.81. The monoisotopic (exact) mass is 290 g/mol. The maximum absolute atomic E-state index is 12.0. The molecule has 0 aliphatic carbocycles. The van der Waals surface area contributed by atoms with Crippen LogP contribution in [0.4, 0.5) is 10.5 Å². The first-order valence-corrected chi connectivity index (χ1v) is 7.59. The van der Waals surface area contributed by atoms with Crippen molar-refractivity contribution in [3.05, 3.63) is 29.8 Å². The summed E-state index contributed by atoms with van der Waals surface area (Å²) in [6.07, 6.45) is 1.21. The molecule has 1 aromatic carbocycles. The molecule has 1 saturated heterocycles. The standard InChI is InChI=1S/C17H26N2O2/c1-12-6-5-7-14(10-12)19-16(20)18-11-13-8-9-21-15(13)17(2,3)4/h5-7,10,13,15H,8-9,11H2,1-4H3,(H2,18,19,20)/t13-,15+/m1/s1. The number of ether oxygens (including phenoxy) is 1. The van der Waals surface area contributed by atoms with E-state index in [1.54, 1.807) is 0 Å². The highest BCUT2D eigenvalue weighted by molar-refractivity contribution is 5.89. The number of urea groups is 1. The summed E-state index contributed by atoms with van der Waals surface area (Å²) in [4.78, 5) is 12.0. The van der Waals surface area contributed by atoms with Crippen LogP contribution in [0.15, 0.2) is 24.3 Å². The molecular formula is C17H26N2O2. The number of rotatable bonds is 3. The molecule has 2 rings (SSSR count). The molecule has 2 atom stereocenters. The molecule has 0 saturated carbocycles. The summed E-state index contributed by atoms with van der Waals surface area (Å²) in [5.74, 6) is 0.383. The third-order valence-corrected chi connectivity index (χ3v) is 3.87.